The van der Waals surface area contributed by atoms with Crippen molar-refractivity contribution in [2.75, 3.05) is 61.3 Å². The van der Waals surface area contributed by atoms with Gasteiger partial charge in [-0.15, -0.1) is 0 Å². The summed E-state index contributed by atoms with van der Waals surface area (Å²) in [6.45, 7) is 11.5. The number of anilines is 1. The maximum atomic E-state index is 14.1. The number of nitro groups is 1. The topological polar surface area (TPSA) is 286 Å². The summed E-state index contributed by atoms with van der Waals surface area (Å²) in [5.41, 5.74) is 3.71. The van der Waals surface area contributed by atoms with Crippen molar-refractivity contribution in [3.63, 3.8) is 0 Å². The first-order chi connectivity index (χ1) is 34.3. The van der Waals surface area contributed by atoms with Crippen molar-refractivity contribution in [3.05, 3.63) is 57.2 Å². The molecule has 0 aliphatic carbocycles. The Hall–Kier alpha value is -5.62. The first-order valence-corrected chi connectivity index (χ1v) is 27.1. The third-order valence-corrected chi connectivity index (χ3v) is 13.4. The first-order valence-electron chi connectivity index (χ1n) is 23.9. The van der Waals surface area contributed by atoms with E-state index in [1.165, 1.54) is 64.4 Å². The summed E-state index contributed by atoms with van der Waals surface area (Å²) in [7, 11) is 1.26. The molecule has 1 aromatic carbocycles. The molecule has 1 saturated heterocycles. The number of thiol groups is 1. The summed E-state index contributed by atoms with van der Waals surface area (Å²) < 4.78 is 9.66. The van der Waals surface area contributed by atoms with Crippen LogP contribution in [0.15, 0.2) is 51.7 Å². The number of hydrogen-bond acceptors (Lipinski definition) is 17. The van der Waals surface area contributed by atoms with E-state index in [1.807, 2.05) is 20.1 Å². The molecule has 0 radical (unpaired) electrons. The molecule has 6 N–H and O–H groups in total. The molecule has 1 fully saturated rings. The predicted octanol–water partition coefficient (Wildman–Crippen LogP) is 4.64. The Morgan fingerprint density at radius 1 is 0.889 bits per heavy atom. The number of carbonyl (C=O) groups excluding carboxylic acids is 7. The van der Waals surface area contributed by atoms with Crippen LogP contribution in [0.3, 0.4) is 0 Å². The average molecular weight is 1060 g/mol. The second kappa shape index (κ2) is 31.8. The minimum Gasteiger partial charge on any atom is -0.467 e. The van der Waals surface area contributed by atoms with E-state index < -0.39 is 83.1 Å². The second-order valence-electron chi connectivity index (χ2n) is 18.1. The van der Waals surface area contributed by atoms with Gasteiger partial charge >= 0.3 is 11.7 Å². The van der Waals surface area contributed by atoms with Crippen LogP contribution in [0.25, 0.3) is 11.0 Å². The van der Waals surface area contributed by atoms with Crippen molar-refractivity contribution in [2.45, 2.75) is 123 Å². The third-order valence-electron chi connectivity index (χ3n) is 11.5. The molecule has 1 aromatic heterocycles. The van der Waals surface area contributed by atoms with Crippen molar-refractivity contribution in [2.24, 2.45) is 5.92 Å². The smallest absolute Gasteiger partial charge is 0.329 e. The van der Waals surface area contributed by atoms with Crippen LogP contribution < -0.4 is 31.9 Å². The summed E-state index contributed by atoms with van der Waals surface area (Å²) in [4.78, 5) is 106. The zero-order chi connectivity index (χ0) is 53.3. The van der Waals surface area contributed by atoms with E-state index in [1.54, 1.807) is 0 Å². The number of thioether (sulfide) groups is 2. The Kier molecular flexibility index (Phi) is 26.8. The molecule has 3 rings (SSSR count). The van der Waals surface area contributed by atoms with Gasteiger partial charge in [0.15, 0.2) is 5.52 Å². The highest BCUT2D eigenvalue weighted by Crippen LogP contribution is 2.28. The van der Waals surface area contributed by atoms with Gasteiger partial charge < -0.3 is 41.5 Å². The molecule has 2 aromatic rings. The van der Waals surface area contributed by atoms with Gasteiger partial charge in [-0.3, -0.25) is 38.9 Å². The summed E-state index contributed by atoms with van der Waals surface area (Å²) in [5.74, 6) is -3.14. The lowest BCUT2D eigenvalue weighted by atomic mass is 10.0. The van der Waals surface area contributed by atoms with Crippen LogP contribution in [0.4, 0.5) is 11.4 Å². The van der Waals surface area contributed by atoms with Crippen LogP contribution in [0.1, 0.15) is 92.9 Å². The fourth-order valence-corrected chi connectivity index (χ4v) is 9.29. The lowest BCUT2D eigenvalue weighted by Gasteiger charge is -2.30. The third kappa shape index (κ3) is 20.5. The molecule has 0 saturated carbocycles. The van der Waals surface area contributed by atoms with E-state index in [9.17, 15) is 43.7 Å². The van der Waals surface area contributed by atoms with Crippen molar-refractivity contribution in [3.8, 4) is 0 Å². The SMILES string of the molecule is COC(=O)[C@H](CSC/C=C(\C)CC/C=C(\C)CCC=C(C)C)NC(=O)[C@@H]1CCCN1C(=O)[C@H](CC(C)C)NC(=O)CNC(=O)[C@H](CCSC)NC(=O)[C@H](CS)NC(=O)CNc1ccc([N+](=O)[O-])c2nonc12. The predicted molar refractivity (Wildman–Crippen MR) is 283 cm³/mol. The maximum absolute atomic E-state index is 14.1. The molecule has 2 heterocycles. The van der Waals surface area contributed by atoms with Gasteiger partial charge in [-0.1, -0.05) is 48.8 Å². The molecular formula is C48H72N10O11S3. The molecule has 21 nitrogen and oxygen atoms in total. The van der Waals surface area contributed by atoms with Crippen LogP contribution in [0.5, 0.6) is 0 Å². The van der Waals surface area contributed by atoms with Gasteiger partial charge in [0.1, 0.15) is 30.2 Å². The highest BCUT2D eigenvalue weighted by molar-refractivity contribution is 7.99. The van der Waals surface area contributed by atoms with Crippen LogP contribution >= 0.6 is 36.2 Å². The Balaban J connectivity index is 1.56. The van der Waals surface area contributed by atoms with Crippen LogP contribution in [0.2, 0.25) is 0 Å². The van der Waals surface area contributed by atoms with Gasteiger partial charge in [-0.25, -0.2) is 9.42 Å². The quantitative estimate of drug-likeness (QED) is 0.0135. The number of hydrogen-bond donors (Lipinski definition) is 7. The number of carbonyl (C=O) groups is 7. The monoisotopic (exact) mass is 1060 g/mol. The number of nitrogens with one attached hydrogen (secondary N) is 6. The van der Waals surface area contributed by atoms with Crippen LogP contribution in [-0.4, -0.2) is 148 Å². The van der Waals surface area contributed by atoms with Crippen molar-refractivity contribution in [1.82, 2.24) is 41.8 Å². The Morgan fingerprint density at radius 3 is 2.21 bits per heavy atom. The minimum absolute atomic E-state index is 0.0288. The number of amides is 6. The number of non-ortho nitro benzene ring substituents is 1. The number of ether oxygens (including phenoxy) is 1. The molecule has 0 spiro atoms. The first kappa shape index (κ1) is 60.7. The van der Waals surface area contributed by atoms with Crippen molar-refractivity contribution in [1.29, 1.82) is 0 Å². The van der Waals surface area contributed by atoms with Gasteiger partial charge in [0.2, 0.25) is 41.0 Å². The van der Waals surface area contributed by atoms with Crippen LogP contribution in [0, 0.1) is 16.0 Å². The highest BCUT2D eigenvalue weighted by atomic mass is 32.2. The normalized spacial score (nSPS) is 15.5. The number of nitrogens with zero attached hydrogens (tertiary/aromatic N) is 4. The van der Waals surface area contributed by atoms with E-state index in [0.29, 0.717) is 24.3 Å². The van der Waals surface area contributed by atoms with E-state index in [0.717, 1.165) is 25.7 Å². The molecule has 1 aliphatic rings. The van der Waals surface area contributed by atoms with E-state index in [-0.39, 0.29) is 65.8 Å². The molecule has 72 heavy (non-hydrogen) atoms. The molecule has 0 bridgehead atoms. The number of methoxy groups -OCH3 is 1. The number of esters is 1. The van der Waals surface area contributed by atoms with Crippen LogP contribution in [-0.2, 0) is 38.3 Å². The largest absolute Gasteiger partial charge is 0.467 e. The van der Waals surface area contributed by atoms with Gasteiger partial charge in [0, 0.05) is 29.9 Å². The molecular weight excluding hydrogens is 989 g/mol. The number of nitro benzene ring substituents is 1. The average Bonchev–Trinajstić information content (AvgIpc) is 4.04. The van der Waals surface area contributed by atoms with Gasteiger partial charge in [-0.05, 0) is 113 Å². The number of aromatic nitrogens is 2. The Labute approximate surface area is 435 Å². The van der Waals surface area contributed by atoms with Crippen molar-refractivity contribution >= 4 is 100.0 Å². The summed E-state index contributed by atoms with van der Waals surface area (Å²) in [6, 6.07) is -2.65. The second-order valence-corrected chi connectivity index (χ2v) is 20.5. The fourth-order valence-electron chi connectivity index (χ4n) is 7.57. The molecule has 0 unspecified atom stereocenters. The van der Waals surface area contributed by atoms with E-state index in [4.69, 9.17) is 4.74 Å². The van der Waals surface area contributed by atoms with E-state index >= 15 is 0 Å². The van der Waals surface area contributed by atoms with E-state index in [2.05, 4.69) is 105 Å². The molecule has 398 valence electrons. The number of benzene rings is 1. The Morgan fingerprint density at radius 2 is 1.56 bits per heavy atom. The summed E-state index contributed by atoms with van der Waals surface area (Å²) in [5, 5.41) is 34.6. The zero-order valence-corrected chi connectivity index (χ0v) is 45.0. The number of allylic oxidation sites excluding steroid dienone is 5. The minimum atomic E-state index is -1.18. The molecule has 1 aliphatic heterocycles. The standard InChI is InChI=1S/C48H72N10O11S3/c1-29(2)12-9-13-31(5)14-10-15-32(6)19-23-72-28-37(48(65)68-7)54-46(63)39-16-11-21-57(39)47(64)35(24-30(3)4)51-41(60)26-50-44(61)34(20-22-71-8)53-45(62)36(27-70)52-40(59)25-49-33-17-18-38(58(66)67)43-42(33)55-69-56-43/h12,14,17-19,30,34-37,39,49,70H,9-11,13,15-16,20-28H2,1-8H3,(H,50,61)(H,51,60)(H,52,59)(H,53,62)(H,54,63)/b31-14+,32-19+/t34-,35-,36-,37-,39-/m0/s1. The lowest BCUT2D eigenvalue weighted by molar-refractivity contribution is -0.383. The molecule has 5 atom stereocenters. The summed E-state index contributed by atoms with van der Waals surface area (Å²) in [6.07, 6.45) is 13.7. The number of rotatable bonds is 31. The highest BCUT2D eigenvalue weighted by Gasteiger charge is 2.39. The number of fused-ring (bicyclic) bond motifs is 1. The maximum Gasteiger partial charge on any atom is 0.329 e. The molecule has 6 amide bonds. The van der Waals surface area contributed by atoms with Gasteiger partial charge in [-0.2, -0.15) is 36.2 Å². The summed E-state index contributed by atoms with van der Waals surface area (Å²) >= 11 is 7.12. The van der Waals surface area contributed by atoms with Crippen molar-refractivity contribution < 1.29 is 47.9 Å². The Bertz CT molecular complexity index is 2280. The number of likely N-dealkylation sites (tertiary alicyclic amines) is 1. The van der Waals surface area contributed by atoms with Gasteiger partial charge in [0.25, 0.3) is 0 Å². The molecule has 24 heteroatoms. The lowest BCUT2D eigenvalue weighted by Crippen LogP contribution is -2.57. The van der Waals surface area contributed by atoms with Gasteiger partial charge in [0.05, 0.1) is 30.8 Å². The zero-order valence-electron chi connectivity index (χ0n) is 42.5. The fraction of sp³-hybridized carbons (Fsp3) is 0.604.